The van der Waals surface area contributed by atoms with Crippen LogP contribution in [0.3, 0.4) is 0 Å². The molecule has 2 aromatic carbocycles. The van der Waals surface area contributed by atoms with Crippen LogP contribution >= 0.6 is 27.5 Å². The number of rotatable bonds is 3. The zero-order chi connectivity index (χ0) is 14.0. The van der Waals surface area contributed by atoms with Gasteiger partial charge in [0.05, 0.1) is 11.4 Å². The standard InChI is InChI=1S/C13H11BrClFN2O/c14-8-4-2-1-3-7(8)6-19-13-10(18)5-9(17)11(15)12(13)16/h1-5H,6,17-18H2. The van der Waals surface area contributed by atoms with Crippen molar-refractivity contribution in [3.8, 4) is 5.75 Å². The van der Waals surface area contributed by atoms with Crippen LogP contribution in [0.1, 0.15) is 5.56 Å². The van der Waals surface area contributed by atoms with E-state index in [2.05, 4.69) is 15.9 Å². The Balaban J connectivity index is 2.26. The molecule has 0 fully saturated rings. The second-order valence-corrected chi connectivity index (χ2v) is 5.12. The third-order valence-corrected chi connectivity index (χ3v) is 3.71. The SMILES string of the molecule is Nc1cc(N)c(OCc2ccccc2Br)c(F)c1Cl. The van der Waals surface area contributed by atoms with Crippen molar-refractivity contribution >= 4 is 38.9 Å². The molecule has 0 amide bonds. The quantitative estimate of drug-likeness (QED) is 0.827. The molecule has 0 heterocycles. The van der Waals surface area contributed by atoms with Gasteiger partial charge in [0.25, 0.3) is 0 Å². The molecule has 2 aromatic rings. The Hall–Kier alpha value is -1.46. The van der Waals surface area contributed by atoms with E-state index < -0.39 is 5.82 Å². The van der Waals surface area contributed by atoms with Gasteiger partial charge in [-0.3, -0.25) is 0 Å². The van der Waals surface area contributed by atoms with E-state index in [4.69, 9.17) is 27.8 Å². The third-order valence-electron chi connectivity index (χ3n) is 2.55. The number of anilines is 2. The van der Waals surface area contributed by atoms with Gasteiger partial charge in [-0.15, -0.1) is 0 Å². The summed E-state index contributed by atoms with van der Waals surface area (Å²) in [6, 6.07) is 8.84. The lowest BCUT2D eigenvalue weighted by molar-refractivity contribution is 0.291. The average Bonchev–Trinajstić information content (AvgIpc) is 2.38. The fraction of sp³-hybridized carbons (Fsp3) is 0.0769. The van der Waals surface area contributed by atoms with E-state index in [-0.39, 0.29) is 28.8 Å². The first-order chi connectivity index (χ1) is 9.00. The van der Waals surface area contributed by atoms with E-state index in [9.17, 15) is 4.39 Å². The molecule has 0 saturated carbocycles. The van der Waals surface area contributed by atoms with Crippen molar-refractivity contribution in [2.24, 2.45) is 0 Å². The monoisotopic (exact) mass is 344 g/mol. The van der Waals surface area contributed by atoms with Gasteiger partial charge >= 0.3 is 0 Å². The van der Waals surface area contributed by atoms with Crippen molar-refractivity contribution in [3.05, 3.63) is 51.2 Å². The summed E-state index contributed by atoms with van der Waals surface area (Å²) in [7, 11) is 0. The summed E-state index contributed by atoms with van der Waals surface area (Å²) in [4.78, 5) is 0. The second-order valence-electron chi connectivity index (χ2n) is 3.89. The summed E-state index contributed by atoms with van der Waals surface area (Å²) in [6.07, 6.45) is 0. The van der Waals surface area contributed by atoms with Crippen LogP contribution in [0.5, 0.6) is 5.75 Å². The average molecular weight is 346 g/mol. The Bertz CT molecular complexity index is 622. The molecule has 4 N–H and O–H groups in total. The van der Waals surface area contributed by atoms with E-state index in [1.165, 1.54) is 6.07 Å². The molecule has 0 aliphatic rings. The number of hydrogen-bond acceptors (Lipinski definition) is 3. The molecule has 2 rings (SSSR count). The first kappa shape index (κ1) is 14.0. The van der Waals surface area contributed by atoms with Crippen LogP contribution in [0.25, 0.3) is 0 Å². The Labute approximate surface area is 123 Å². The van der Waals surface area contributed by atoms with Gasteiger partial charge in [-0.2, -0.15) is 0 Å². The van der Waals surface area contributed by atoms with E-state index in [0.717, 1.165) is 10.0 Å². The maximum atomic E-state index is 13.9. The molecule has 3 nitrogen and oxygen atoms in total. The molecule has 0 saturated heterocycles. The molecule has 100 valence electrons. The van der Waals surface area contributed by atoms with Crippen LogP contribution in [-0.4, -0.2) is 0 Å². The van der Waals surface area contributed by atoms with Gasteiger partial charge in [0, 0.05) is 10.0 Å². The van der Waals surface area contributed by atoms with Crippen molar-refractivity contribution in [1.82, 2.24) is 0 Å². The van der Waals surface area contributed by atoms with E-state index in [0.29, 0.717) is 0 Å². The Morgan fingerprint density at radius 2 is 1.89 bits per heavy atom. The molecule has 0 aliphatic heterocycles. The first-order valence-corrected chi connectivity index (χ1v) is 6.57. The second kappa shape index (κ2) is 5.67. The molecule has 0 spiro atoms. The number of nitrogens with two attached hydrogens (primary N) is 2. The normalized spacial score (nSPS) is 10.5. The number of halogens is 3. The summed E-state index contributed by atoms with van der Waals surface area (Å²) in [5.41, 5.74) is 12.3. The number of nitrogen functional groups attached to an aromatic ring is 2. The van der Waals surface area contributed by atoms with E-state index in [1.54, 1.807) is 0 Å². The zero-order valence-electron chi connectivity index (χ0n) is 9.79. The van der Waals surface area contributed by atoms with Gasteiger partial charge < -0.3 is 16.2 Å². The Morgan fingerprint density at radius 1 is 1.21 bits per heavy atom. The summed E-state index contributed by atoms with van der Waals surface area (Å²) in [5, 5.41) is -0.184. The molecule has 0 atom stereocenters. The molecule has 0 radical (unpaired) electrons. The van der Waals surface area contributed by atoms with Crippen LogP contribution in [-0.2, 0) is 6.61 Å². The molecule has 19 heavy (non-hydrogen) atoms. The molecule has 0 aliphatic carbocycles. The number of benzene rings is 2. The van der Waals surface area contributed by atoms with Crippen molar-refractivity contribution in [3.63, 3.8) is 0 Å². The van der Waals surface area contributed by atoms with Crippen molar-refractivity contribution in [1.29, 1.82) is 0 Å². The fourth-order valence-electron chi connectivity index (χ4n) is 1.56. The summed E-state index contributed by atoms with van der Waals surface area (Å²) in [6.45, 7) is 0.169. The largest absolute Gasteiger partial charge is 0.484 e. The molecule has 0 aromatic heterocycles. The fourth-order valence-corrected chi connectivity index (χ4v) is 2.10. The van der Waals surface area contributed by atoms with Crippen LogP contribution < -0.4 is 16.2 Å². The summed E-state index contributed by atoms with van der Waals surface area (Å²) in [5.74, 6) is -0.832. The predicted molar refractivity (Wildman–Crippen MR) is 78.7 cm³/mol. The highest BCUT2D eigenvalue weighted by atomic mass is 79.9. The van der Waals surface area contributed by atoms with Gasteiger partial charge in [-0.25, -0.2) is 4.39 Å². The van der Waals surface area contributed by atoms with Crippen molar-refractivity contribution in [2.75, 3.05) is 11.5 Å². The van der Waals surface area contributed by atoms with E-state index >= 15 is 0 Å². The predicted octanol–water partition coefficient (Wildman–Crippen LogP) is 3.99. The van der Waals surface area contributed by atoms with Crippen molar-refractivity contribution < 1.29 is 9.13 Å². The Morgan fingerprint density at radius 3 is 2.58 bits per heavy atom. The first-order valence-electron chi connectivity index (χ1n) is 5.40. The van der Waals surface area contributed by atoms with Gasteiger partial charge in [0.15, 0.2) is 11.6 Å². The topological polar surface area (TPSA) is 61.3 Å². The molecule has 6 heteroatoms. The zero-order valence-corrected chi connectivity index (χ0v) is 12.1. The molecule has 0 bridgehead atoms. The minimum Gasteiger partial charge on any atom is -0.484 e. The molecular formula is C13H11BrClFN2O. The van der Waals surface area contributed by atoms with Crippen LogP contribution in [0.4, 0.5) is 15.8 Å². The van der Waals surface area contributed by atoms with Crippen LogP contribution in [0.15, 0.2) is 34.8 Å². The van der Waals surface area contributed by atoms with Crippen molar-refractivity contribution in [2.45, 2.75) is 6.61 Å². The van der Waals surface area contributed by atoms with Gasteiger partial charge in [-0.1, -0.05) is 45.7 Å². The lowest BCUT2D eigenvalue weighted by Gasteiger charge is -2.13. The van der Waals surface area contributed by atoms with Crippen LogP contribution in [0, 0.1) is 5.82 Å². The molecular weight excluding hydrogens is 335 g/mol. The molecule has 0 unspecified atom stereocenters. The van der Waals surface area contributed by atoms with Gasteiger partial charge in [0.2, 0.25) is 0 Å². The number of hydrogen-bond donors (Lipinski definition) is 2. The van der Waals surface area contributed by atoms with Crippen LogP contribution in [0.2, 0.25) is 5.02 Å². The minimum absolute atomic E-state index is 0.0879. The van der Waals surface area contributed by atoms with Gasteiger partial charge in [0.1, 0.15) is 11.6 Å². The summed E-state index contributed by atoms with van der Waals surface area (Å²) < 4.78 is 20.2. The smallest absolute Gasteiger partial charge is 0.187 e. The number of ether oxygens (including phenoxy) is 1. The Kier molecular flexibility index (Phi) is 4.17. The van der Waals surface area contributed by atoms with E-state index in [1.807, 2.05) is 24.3 Å². The maximum absolute atomic E-state index is 13.9. The minimum atomic E-state index is -0.744. The lowest BCUT2D eigenvalue weighted by atomic mass is 10.2. The summed E-state index contributed by atoms with van der Waals surface area (Å²) >= 11 is 9.10. The highest BCUT2D eigenvalue weighted by molar-refractivity contribution is 9.10. The van der Waals surface area contributed by atoms with Gasteiger partial charge in [-0.05, 0) is 12.1 Å². The third kappa shape index (κ3) is 2.93. The maximum Gasteiger partial charge on any atom is 0.187 e. The highest BCUT2D eigenvalue weighted by Crippen LogP contribution is 2.36. The highest BCUT2D eigenvalue weighted by Gasteiger charge is 2.16. The lowest BCUT2D eigenvalue weighted by Crippen LogP contribution is -2.03.